The van der Waals surface area contributed by atoms with E-state index >= 15 is 0 Å². The Morgan fingerprint density at radius 1 is 1.00 bits per heavy atom. The fraction of sp³-hybridized carbons (Fsp3) is 0.111. The maximum absolute atomic E-state index is 12.2. The van der Waals surface area contributed by atoms with Gasteiger partial charge in [-0.3, -0.25) is 0 Å². The predicted molar refractivity (Wildman–Crippen MR) is 90.9 cm³/mol. The Kier molecular flexibility index (Phi) is 3.28. The van der Waals surface area contributed by atoms with Crippen molar-refractivity contribution >= 4 is 44.5 Å². The van der Waals surface area contributed by atoms with Crippen molar-refractivity contribution < 1.29 is 23.5 Å². The lowest BCUT2D eigenvalue weighted by Gasteiger charge is -2.04. The van der Waals surface area contributed by atoms with Crippen LogP contribution in [-0.4, -0.2) is 26.2 Å². The second kappa shape index (κ2) is 5.35. The largest absolute Gasteiger partial charge is 0.465 e. The van der Waals surface area contributed by atoms with E-state index in [2.05, 4.69) is 0 Å². The van der Waals surface area contributed by atoms with Crippen LogP contribution < -0.4 is 0 Å². The van der Waals surface area contributed by atoms with Crippen molar-refractivity contribution in [2.24, 2.45) is 0 Å². The summed E-state index contributed by atoms with van der Waals surface area (Å²) in [6.45, 7) is 0. The Labute approximate surface area is 140 Å². The van der Waals surface area contributed by atoms with Gasteiger partial charge < -0.3 is 13.9 Å². The lowest BCUT2D eigenvalue weighted by atomic mass is 10.1. The number of furan rings is 1. The summed E-state index contributed by atoms with van der Waals surface area (Å²) < 4.78 is 16.5. The van der Waals surface area contributed by atoms with Gasteiger partial charge in [-0.1, -0.05) is 12.1 Å². The monoisotopic (exact) mass is 340 g/mol. The Balaban J connectivity index is 2.09. The third-order valence-electron chi connectivity index (χ3n) is 3.94. The van der Waals surface area contributed by atoms with Gasteiger partial charge in [0.05, 0.1) is 30.0 Å². The number of methoxy groups -OCH3 is 2. The highest BCUT2D eigenvalue weighted by Crippen LogP contribution is 2.43. The van der Waals surface area contributed by atoms with E-state index in [9.17, 15) is 9.59 Å². The van der Waals surface area contributed by atoms with Crippen molar-refractivity contribution in [3.63, 3.8) is 0 Å². The molecule has 1 aromatic heterocycles. The van der Waals surface area contributed by atoms with E-state index in [0.717, 1.165) is 20.5 Å². The maximum Gasteiger partial charge on any atom is 0.339 e. The fourth-order valence-corrected chi connectivity index (χ4v) is 4.00. The van der Waals surface area contributed by atoms with Gasteiger partial charge in [-0.05, 0) is 24.3 Å². The lowest BCUT2D eigenvalue weighted by Crippen LogP contribution is -2.09. The van der Waals surface area contributed by atoms with Gasteiger partial charge in [-0.2, -0.15) is 0 Å². The molecule has 120 valence electrons. The van der Waals surface area contributed by atoms with E-state index in [0.29, 0.717) is 11.1 Å². The van der Waals surface area contributed by atoms with Crippen LogP contribution in [0.25, 0.3) is 31.7 Å². The Hall–Kier alpha value is -2.86. The highest BCUT2D eigenvalue weighted by molar-refractivity contribution is 7.22. The molecular weight excluding hydrogens is 328 g/mol. The van der Waals surface area contributed by atoms with Crippen LogP contribution in [0.2, 0.25) is 0 Å². The van der Waals surface area contributed by atoms with Gasteiger partial charge in [0.1, 0.15) is 11.2 Å². The van der Waals surface area contributed by atoms with Crippen LogP contribution in [-0.2, 0) is 9.47 Å². The zero-order valence-corrected chi connectivity index (χ0v) is 13.7. The van der Waals surface area contributed by atoms with Crippen LogP contribution >= 0.6 is 11.3 Å². The minimum atomic E-state index is -0.576. The summed E-state index contributed by atoms with van der Waals surface area (Å²) >= 11 is 1.47. The van der Waals surface area contributed by atoms with Crippen LogP contribution in [0.15, 0.2) is 40.8 Å². The zero-order valence-electron chi connectivity index (χ0n) is 12.9. The van der Waals surface area contributed by atoms with Gasteiger partial charge in [0.2, 0.25) is 0 Å². The Morgan fingerprint density at radius 2 is 1.75 bits per heavy atom. The molecule has 2 aromatic rings. The Bertz CT molecular complexity index is 1070. The number of rotatable bonds is 2. The molecule has 1 aliphatic heterocycles. The van der Waals surface area contributed by atoms with Crippen LogP contribution in [0.3, 0.4) is 0 Å². The summed E-state index contributed by atoms with van der Waals surface area (Å²) in [5.74, 6) is -1.15. The first kappa shape index (κ1) is 14.7. The molecule has 1 aliphatic carbocycles. The quantitative estimate of drug-likeness (QED) is 0.508. The van der Waals surface area contributed by atoms with Gasteiger partial charge in [0.25, 0.3) is 0 Å². The third-order valence-corrected chi connectivity index (χ3v) is 5.12. The predicted octanol–water partition coefficient (Wildman–Crippen LogP) is 4.33. The normalized spacial score (nSPS) is 11.2. The number of fused-ring (bicyclic) bond motifs is 4. The van der Waals surface area contributed by atoms with Crippen molar-refractivity contribution in [1.29, 1.82) is 0 Å². The number of hydrogen-bond acceptors (Lipinski definition) is 6. The molecule has 0 fully saturated rings. The van der Waals surface area contributed by atoms with E-state index < -0.39 is 11.9 Å². The molecular formula is C18H12O5S. The van der Waals surface area contributed by atoms with E-state index in [1.54, 1.807) is 12.1 Å². The molecule has 0 saturated carbocycles. The highest BCUT2D eigenvalue weighted by atomic mass is 32.1. The van der Waals surface area contributed by atoms with Crippen LogP contribution in [0.1, 0.15) is 20.7 Å². The van der Waals surface area contributed by atoms with E-state index in [1.165, 1.54) is 25.6 Å². The number of esters is 2. The summed E-state index contributed by atoms with van der Waals surface area (Å²) in [7, 11) is 2.56. The van der Waals surface area contributed by atoms with E-state index in [-0.39, 0.29) is 11.1 Å². The average molecular weight is 340 g/mol. The number of hydrogen-bond donors (Lipinski definition) is 0. The number of carbonyl (C=O) groups is 2. The maximum atomic E-state index is 12.2. The summed E-state index contributed by atoms with van der Waals surface area (Å²) in [5, 5.41) is 1.000. The van der Waals surface area contributed by atoms with E-state index in [1.807, 2.05) is 24.3 Å². The molecule has 2 heterocycles. The second-order valence-electron chi connectivity index (χ2n) is 5.23. The minimum Gasteiger partial charge on any atom is -0.465 e. The molecule has 0 saturated heterocycles. The van der Waals surface area contributed by atoms with Crippen molar-refractivity contribution in [2.45, 2.75) is 0 Å². The van der Waals surface area contributed by atoms with Crippen molar-refractivity contribution in [1.82, 2.24) is 0 Å². The molecule has 4 rings (SSSR count). The average Bonchev–Trinajstić information content (AvgIpc) is 3.16. The summed E-state index contributed by atoms with van der Waals surface area (Å²) in [4.78, 5) is 25.0. The molecule has 0 N–H and O–H groups in total. The molecule has 1 aromatic carbocycles. The summed E-state index contributed by atoms with van der Waals surface area (Å²) in [6.07, 6.45) is 0. The minimum absolute atomic E-state index is 0.201. The molecule has 0 spiro atoms. The van der Waals surface area contributed by atoms with Crippen molar-refractivity contribution in [3.05, 3.63) is 47.5 Å². The molecule has 0 atom stereocenters. The van der Waals surface area contributed by atoms with Gasteiger partial charge in [-0.25, -0.2) is 9.59 Å². The van der Waals surface area contributed by atoms with E-state index in [4.69, 9.17) is 13.9 Å². The van der Waals surface area contributed by atoms with Crippen molar-refractivity contribution in [3.8, 4) is 10.4 Å². The first-order chi connectivity index (χ1) is 11.6. The zero-order chi connectivity index (χ0) is 16.8. The van der Waals surface area contributed by atoms with Crippen LogP contribution in [0.5, 0.6) is 0 Å². The van der Waals surface area contributed by atoms with Gasteiger partial charge in [0, 0.05) is 15.8 Å². The molecule has 0 radical (unpaired) electrons. The van der Waals surface area contributed by atoms with Gasteiger partial charge in [0.15, 0.2) is 0 Å². The lowest BCUT2D eigenvalue weighted by molar-refractivity contribution is 0.0557. The first-order valence-electron chi connectivity index (χ1n) is 7.18. The van der Waals surface area contributed by atoms with Crippen LogP contribution in [0, 0.1) is 0 Å². The standard InChI is InChI=1S/C18H12O5S/c1-21-17(19)11-8-14-10(15(11)18(20)22-2)7-13-16(24-14)9-5-3-4-6-12(9)23-13/h3-8H,1-2H3. The summed E-state index contributed by atoms with van der Waals surface area (Å²) in [6, 6.07) is 11.2. The SMILES string of the molecule is COC(=O)c1cc2sc3c(cc-2c1C(=O)OC)oc1ccccc13. The third kappa shape index (κ3) is 2.00. The topological polar surface area (TPSA) is 65.7 Å². The summed E-state index contributed by atoms with van der Waals surface area (Å²) in [5.41, 5.74) is 2.48. The van der Waals surface area contributed by atoms with Gasteiger partial charge >= 0.3 is 11.9 Å². The number of ether oxygens (including phenoxy) is 2. The van der Waals surface area contributed by atoms with Crippen molar-refractivity contribution in [2.75, 3.05) is 14.2 Å². The van der Waals surface area contributed by atoms with Gasteiger partial charge in [-0.15, -0.1) is 11.3 Å². The van der Waals surface area contributed by atoms with Crippen LogP contribution in [0.4, 0.5) is 0 Å². The molecule has 24 heavy (non-hydrogen) atoms. The molecule has 6 heteroatoms. The highest BCUT2D eigenvalue weighted by Gasteiger charge is 2.28. The second-order valence-corrected chi connectivity index (χ2v) is 6.28. The molecule has 5 nitrogen and oxygen atoms in total. The molecule has 2 aliphatic rings. The smallest absolute Gasteiger partial charge is 0.339 e. The fourth-order valence-electron chi connectivity index (χ4n) is 2.85. The number of para-hydroxylation sites is 1. The number of benzene rings is 1. The Morgan fingerprint density at radius 3 is 2.50 bits per heavy atom. The molecule has 0 unspecified atom stereocenters. The molecule has 0 bridgehead atoms. The number of carbonyl (C=O) groups excluding carboxylic acids is 2. The molecule has 0 amide bonds. The first-order valence-corrected chi connectivity index (χ1v) is 8.00.